The van der Waals surface area contributed by atoms with E-state index >= 15 is 0 Å². The predicted octanol–water partition coefficient (Wildman–Crippen LogP) is 0.686. The van der Waals surface area contributed by atoms with E-state index in [1.165, 1.54) is 13.1 Å². The first kappa shape index (κ1) is 11.4. The fourth-order valence-corrected chi connectivity index (χ4v) is 1.46. The van der Waals surface area contributed by atoms with Gasteiger partial charge in [-0.1, -0.05) is 0 Å². The highest BCUT2D eigenvalue weighted by molar-refractivity contribution is 6.01. The highest BCUT2D eigenvalue weighted by Gasteiger charge is 2.25. The van der Waals surface area contributed by atoms with Gasteiger partial charge in [-0.3, -0.25) is 9.59 Å². The molecule has 0 aliphatic heterocycles. The van der Waals surface area contributed by atoms with Crippen molar-refractivity contribution in [3.05, 3.63) is 29.3 Å². The summed E-state index contributed by atoms with van der Waals surface area (Å²) in [4.78, 5) is 22.7. The molecular formula is C12H14N2O3. The van der Waals surface area contributed by atoms with Gasteiger partial charge in [0.15, 0.2) is 0 Å². The van der Waals surface area contributed by atoms with Crippen LogP contribution < -0.4 is 15.8 Å². The second-order valence-electron chi connectivity index (χ2n) is 3.97. The molecule has 1 aromatic rings. The van der Waals surface area contributed by atoms with E-state index in [1.54, 1.807) is 12.1 Å². The third-order valence-electron chi connectivity index (χ3n) is 2.55. The van der Waals surface area contributed by atoms with Crippen LogP contribution >= 0.6 is 0 Å². The fourth-order valence-electron chi connectivity index (χ4n) is 1.46. The highest BCUT2D eigenvalue weighted by atomic mass is 16.5. The number of nitrogens with one attached hydrogen (secondary N) is 1. The lowest BCUT2D eigenvalue weighted by Crippen LogP contribution is -2.20. The maximum absolute atomic E-state index is 11.7. The number of carbonyl (C=O) groups excluding carboxylic acids is 2. The van der Waals surface area contributed by atoms with Crippen LogP contribution in [0.25, 0.3) is 0 Å². The molecule has 1 aromatic carbocycles. The second kappa shape index (κ2) is 4.45. The van der Waals surface area contributed by atoms with Gasteiger partial charge in [0.05, 0.1) is 11.7 Å². The lowest BCUT2D eigenvalue weighted by atomic mass is 10.1. The van der Waals surface area contributed by atoms with Gasteiger partial charge >= 0.3 is 0 Å². The minimum absolute atomic E-state index is 0.192. The number of ether oxygens (including phenoxy) is 1. The average Bonchev–Trinajstić information content (AvgIpc) is 3.12. The molecule has 1 fully saturated rings. The fraction of sp³-hybridized carbons (Fsp3) is 0.333. The molecule has 90 valence electrons. The Hall–Kier alpha value is -2.04. The largest absolute Gasteiger partial charge is 0.490 e. The van der Waals surface area contributed by atoms with Crippen molar-refractivity contribution in [2.75, 3.05) is 7.05 Å². The third-order valence-corrected chi connectivity index (χ3v) is 2.55. The maximum atomic E-state index is 11.7. The van der Waals surface area contributed by atoms with Crippen LogP contribution in [0.3, 0.4) is 0 Å². The molecule has 1 aliphatic carbocycles. The van der Waals surface area contributed by atoms with Crippen LogP contribution in [-0.4, -0.2) is 25.0 Å². The molecule has 0 aromatic heterocycles. The quantitative estimate of drug-likeness (QED) is 0.804. The summed E-state index contributed by atoms with van der Waals surface area (Å²) >= 11 is 0. The molecule has 0 radical (unpaired) electrons. The molecule has 0 bridgehead atoms. The average molecular weight is 234 g/mol. The summed E-state index contributed by atoms with van der Waals surface area (Å²) in [5.74, 6) is -0.353. The molecule has 5 nitrogen and oxygen atoms in total. The Balaban J connectivity index is 2.35. The lowest BCUT2D eigenvalue weighted by molar-refractivity contribution is 0.0958. The second-order valence-corrected chi connectivity index (χ2v) is 3.97. The molecule has 0 unspecified atom stereocenters. The Labute approximate surface area is 98.9 Å². The van der Waals surface area contributed by atoms with Gasteiger partial charge in [-0.15, -0.1) is 0 Å². The molecule has 5 heteroatoms. The van der Waals surface area contributed by atoms with Gasteiger partial charge in [0.2, 0.25) is 5.91 Å². The summed E-state index contributed by atoms with van der Waals surface area (Å²) in [5, 5.41) is 2.51. The molecule has 1 saturated carbocycles. The zero-order valence-corrected chi connectivity index (χ0v) is 9.53. The number of carbonyl (C=O) groups is 2. The van der Waals surface area contributed by atoms with Crippen LogP contribution in [0, 0.1) is 0 Å². The van der Waals surface area contributed by atoms with Crippen molar-refractivity contribution in [2.24, 2.45) is 5.73 Å². The molecule has 2 rings (SSSR count). The summed E-state index contributed by atoms with van der Waals surface area (Å²) in [6.07, 6.45) is 2.20. The van der Waals surface area contributed by atoms with Gasteiger partial charge in [-0.2, -0.15) is 0 Å². The number of hydrogen-bond donors (Lipinski definition) is 2. The molecule has 0 heterocycles. The highest BCUT2D eigenvalue weighted by Crippen LogP contribution is 2.29. The Morgan fingerprint density at radius 1 is 1.41 bits per heavy atom. The maximum Gasteiger partial charge on any atom is 0.254 e. The Morgan fingerprint density at radius 3 is 2.65 bits per heavy atom. The molecule has 17 heavy (non-hydrogen) atoms. The first-order valence-electron chi connectivity index (χ1n) is 5.44. The van der Waals surface area contributed by atoms with E-state index in [1.807, 2.05) is 0 Å². The summed E-state index contributed by atoms with van der Waals surface area (Å²) in [6, 6.07) is 4.63. The summed E-state index contributed by atoms with van der Waals surface area (Å²) < 4.78 is 5.60. The predicted molar refractivity (Wildman–Crippen MR) is 62.0 cm³/mol. The number of rotatable bonds is 4. The van der Waals surface area contributed by atoms with Gasteiger partial charge in [-0.25, -0.2) is 0 Å². The molecule has 0 spiro atoms. The number of hydrogen-bond acceptors (Lipinski definition) is 3. The van der Waals surface area contributed by atoms with Crippen LogP contribution in [0.15, 0.2) is 18.2 Å². The molecule has 1 aliphatic rings. The smallest absolute Gasteiger partial charge is 0.254 e. The van der Waals surface area contributed by atoms with Crippen molar-refractivity contribution in [3.8, 4) is 5.75 Å². The van der Waals surface area contributed by atoms with Gasteiger partial charge in [-0.05, 0) is 31.0 Å². The van der Waals surface area contributed by atoms with Crippen molar-refractivity contribution in [1.82, 2.24) is 5.32 Å². The number of nitrogens with two attached hydrogens (primary N) is 1. The van der Waals surface area contributed by atoms with E-state index < -0.39 is 5.91 Å². The topological polar surface area (TPSA) is 81.4 Å². The minimum Gasteiger partial charge on any atom is -0.490 e. The summed E-state index contributed by atoms with van der Waals surface area (Å²) in [5.41, 5.74) is 5.82. The van der Waals surface area contributed by atoms with Crippen molar-refractivity contribution in [2.45, 2.75) is 18.9 Å². The van der Waals surface area contributed by atoms with E-state index in [4.69, 9.17) is 10.5 Å². The van der Waals surface area contributed by atoms with Gasteiger partial charge in [0.1, 0.15) is 5.75 Å². The molecular weight excluding hydrogens is 220 g/mol. The van der Waals surface area contributed by atoms with Crippen LogP contribution in [0.5, 0.6) is 5.75 Å². The van der Waals surface area contributed by atoms with Crippen molar-refractivity contribution in [3.63, 3.8) is 0 Å². The Morgan fingerprint density at radius 2 is 2.12 bits per heavy atom. The third kappa shape index (κ3) is 2.55. The van der Waals surface area contributed by atoms with E-state index in [9.17, 15) is 9.59 Å². The normalized spacial score (nSPS) is 14.2. The molecule has 0 saturated heterocycles. The number of primary amides is 1. The molecule has 2 amide bonds. The van der Waals surface area contributed by atoms with Gasteiger partial charge in [0, 0.05) is 12.6 Å². The van der Waals surface area contributed by atoms with Crippen molar-refractivity contribution >= 4 is 11.8 Å². The minimum atomic E-state index is -0.562. The SMILES string of the molecule is CNC(=O)c1cc(C(N)=O)ccc1OC1CC1. The first-order chi connectivity index (χ1) is 8.11. The zero-order valence-electron chi connectivity index (χ0n) is 9.53. The Kier molecular flexibility index (Phi) is 2.99. The monoisotopic (exact) mass is 234 g/mol. The van der Waals surface area contributed by atoms with Crippen LogP contribution in [-0.2, 0) is 0 Å². The van der Waals surface area contributed by atoms with E-state index in [-0.39, 0.29) is 12.0 Å². The number of benzene rings is 1. The van der Waals surface area contributed by atoms with E-state index in [0.717, 1.165) is 12.8 Å². The Bertz CT molecular complexity index is 467. The van der Waals surface area contributed by atoms with Gasteiger partial charge < -0.3 is 15.8 Å². The van der Waals surface area contributed by atoms with Crippen molar-refractivity contribution < 1.29 is 14.3 Å². The number of amides is 2. The summed E-state index contributed by atoms with van der Waals surface area (Å²) in [6.45, 7) is 0. The summed E-state index contributed by atoms with van der Waals surface area (Å²) in [7, 11) is 1.53. The van der Waals surface area contributed by atoms with Crippen LogP contribution in [0.4, 0.5) is 0 Å². The lowest BCUT2D eigenvalue weighted by Gasteiger charge is -2.10. The van der Waals surface area contributed by atoms with Crippen molar-refractivity contribution in [1.29, 1.82) is 0 Å². The van der Waals surface area contributed by atoms with E-state index in [2.05, 4.69) is 5.32 Å². The molecule has 0 atom stereocenters. The van der Waals surface area contributed by atoms with E-state index in [0.29, 0.717) is 16.9 Å². The zero-order chi connectivity index (χ0) is 12.4. The molecule has 3 N–H and O–H groups in total. The standard InChI is InChI=1S/C12H14N2O3/c1-14-12(16)9-6-7(11(13)15)2-5-10(9)17-8-3-4-8/h2,5-6,8H,3-4H2,1H3,(H2,13,15)(H,14,16). The first-order valence-corrected chi connectivity index (χ1v) is 5.44. The van der Waals surface area contributed by atoms with Gasteiger partial charge in [0.25, 0.3) is 5.91 Å². The van der Waals surface area contributed by atoms with Crippen LogP contribution in [0.2, 0.25) is 0 Å². The van der Waals surface area contributed by atoms with Crippen LogP contribution in [0.1, 0.15) is 33.6 Å².